The minimum Gasteiger partial charge on any atom is -0.508 e. The Hall–Kier alpha value is -0.590. The van der Waals surface area contributed by atoms with Crippen LogP contribution in [0.1, 0.15) is 0 Å². The molecule has 1 aromatic rings. The number of phenolic OH excluding ortho intramolecular Hbond substituents is 1. The molecule has 0 saturated carbocycles. The first-order valence-corrected chi connectivity index (χ1v) is 5.80. The Morgan fingerprint density at radius 2 is 1.54 bits per heavy atom. The maximum absolute atomic E-state index is 9.19. The molecule has 0 aliphatic heterocycles. The zero-order chi connectivity index (χ0) is 10.5. The molecule has 4 nitrogen and oxygen atoms in total. The number of hydrogen-bond donors (Lipinski definition) is 2. The number of rotatable bonds is 0. The quantitative estimate of drug-likeness (QED) is 0.702. The number of phenols is 1. The lowest BCUT2D eigenvalue weighted by Crippen LogP contribution is -1.88. The van der Waals surface area contributed by atoms with Crippen LogP contribution in [-0.2, 0) is 10.1 Å². The summed E-state index contributed by atoms with van der Waals surface area (Å²) in [5.74, 6) is 0.299. The zero-order valence-electron chi connectivity index (χ0n) is 6.81. The maximum atomic E-state index is 9.19. The van der Waals surface area contributed by atoms with Gasteiger partial charge in [-0.1, -0.05) is 15.9 Å². The number of aromatic hydroxyl groups is 1. The SMILES string of the molecule is CS(=O)(=O)O.Oc1ccc(Br)cc1. The van der Waals surface area contributed by atoms with E-state index in [1.165, 1.54) is 0 Å². The van der Waals surface area contributed by atoms with Crippen molar-refractivity contribution in [2.45, 2.75) is 0 Å². The summed E-state index contributed by atoms with van der Waals surface area (Å²) < 4.78 is 26.8. The van der Waals surface area contributed by atoms with Crippen LogP contribution < -0.4 is 0 Å². The summed E-state index contributed by atoms with van der Waals surface area (Å²) in [6, 6.07) is 6.83. The van der Waals surface area contributed by atoms with Gasteiger partial charge in [-0.25, -0.2) is 0 Å². The van der Waals surface area contributed by atoms with Gasteiger partial charge in [0.05, 0.1) is 6.26 Å². The summed E-state index contributed by atoms with van der Waals surface area (Å²) >= 11 is 3.23. The van der Waals surface area contributed by atoms with Crippen molar-refractivity contribution < 1.29 is 18.1 Å². The predicted molar refractivity (Wildman–Crippen MR) is 53.3 cm³/mol. The molecule has 0 amide bonds. The lowest BCUT2D eigenvalue weighted by molar-refractivity contribution is 0.475. The van der Waals surface area contributed by atoms with E-state index in [-0.39, 0.29) is 0 Å². The smallest absolute Gasteiger partial charge is 0.261 e. The fraction of sp³-hybridized carbons (Fsp3) is 0.143. The highest BCUT2D eigenvalue weighted by Gasteiger charge is 1.83. The van der Waals surface area contributed by atoms with Crippen molar-refractivity contribution in [3.63, 3.8) is 0 Å². The summed E-state index contributed by atoms with van der Waals surface area (Å²) in [7, 11) is -3.67. The second kappa shape index (κ2) is 5.21. The van der Waals surface area contributed by atoms with E-state index in [1.807, 2.05) is 0 Å². The fourth-order valence-electron chi connectivity index (χ4n) is 0.441. The Morgan fingerprint density at radius 3 is 1.77 bits per heavy atom. The molecule has 0 heterocycles. The largest absolute Gasteiger partial charge is 0.508 e. The first-order chi connectivity index (χ1) is 5.79. The van der Waals surface area contributed by atoms with Crippen molar-refractivity contribution in [3.05, 3.63) is 28.7 Å². The summed E-state index contributed by atoms with van der Waals surface area (Å²) in [6.07, 6.45) is 0.715. The highest BCUT2D eigenvalue weighted by molar-refractivity contribution is 9.10. The topological polar surface area (TPSA) is 74.6 Å². The summed E-state index contributed by atoms with van der Waals surface area (Å²) in [5, 5.41) is 8.74. The van der Waals surface area contributed by atoms with Crippen LogP contribution in [-0.4, -0.2) is 24.3 Å². The minimum atomic E-state index is -3.67. The Labute approximate surface area is 85.1 Å². The van der Waals surface area contributed by atoms with Gasteiger partial charge in [0.25, 0.3) is 10.1 Å². The van der Waals surface area contributed by atoms with Crippen LogP contribution in [0.4, 0.5) is 0 Å². The van der Waals surface area contributed by atoms with Crippen LogP contribution >= 0.6 is 15.9 Å². The van der Waals surface area contributed by atoms with E-state index in [2.05, 4.69) is 15.9 Å². The Balaban J connectivity index is 0.000000252. The summed E-state index contributed by atoms with van der Waals surface area (Å²) in [4.78, 5) is 0. The van der Waals surface area contributed by atoms with Crippen molar-refractivity contribution in [3.8, 4) is 5.75 Å². The number of benzene rings is 1. The van der Waals surface area contributed by atoms with Gasteiger partial charge in [-0.15, -0.1) is 0 Å². The number of hydrogen-bond acceptors (Lipinski definition) is 3. The molecule has 1 aromatic carbocycles. The molecule has 0 bridgehead atoms. The molecule has 0 spiro atoms. The average Bonchev–Trinajstić information content (AvgIpc) is 1.92. The molecule has 0 atom stereocenters. The average molecular weight is 269 g/mol. The summed E-state index contributed by atoms with van der Waals surface area (Å²) in [5.41, 5.74) is 0. The second-order valence-corrected chi connectivity index (χ2v) is 4.59. The highest BCUT2D eigenvalue weighted by atomic mass is 79.9. The third kappa shape index (κ3) is 11.4. The zero-order valence-corrected chi connectivity index (χ0v) is 9.21. The third-order valence-electron chi connectivity index (χ3n) is 0.827. The molecular formula is C7H9BrO4S. The second-order valence-electron chi connectivity index (χ2n) is 2.21. The van der Waals surface area contributed by atoms with E-state index in [4.69, 9.17) is 9.66 Å². The van der Waals surface area contributed by atoms with Crippen LogP contribution in [0.25, 0.3) is 0 Å². The molecule has 0 radical (unpaired) electrons. The monoisotopic (exact) mass is 268 g/mol. The maximum Gasteiger partial charge on any atom is 0.261 e. The lowest BCUT2D eigenvalue weighted by atomic mass is 10.3. The predicted octanol–water partition coefficient (Wildman–Crippen LogP) is 1.66. The molecule has 0 aliphatic carbocycles. The molecule has 13 heavy (non-hydrogen) atoms. The van der Waals surface area contributed by atoms with Gasteiger partial charge in [0.2, 0.25) is 0 Å². The van der Waals surface area contributed by atoms with E-state index < -0.39 is 10.1 Å². The molecule has 0 aromatic heterocycles. The van der Waals surface area contributed by atoms with Crippen molar-refractivity contribution >= 4 is 26.0 Å². The van der Waals surface area contributed by atoms with Gasteiger partial charge in [0.1, 0.15) is 5.75 Å². The fourth-order valence-corrected chi connectivity index (χ4v) is 0.705. The van der Waals surface area contributed by atoms with Gasteiger partial charge in [-0.2, -0.15) is 8.42 Å². The minimum absolute atomic E-state index is 0.299. The van der Waals surface area contributed by atoms with Crippen LogP contribution in [0, 0.1) is 0 Å². The molecule has 0 fully saturated rings. The molecule has 0 aliphatic rings. The first-order valence-electron chi connectivity index (χ1n) is 3.16. The van der Waals surface area contributed by atoms with E-state index in [9.17, 15) is 8.42 Å². The standard InChI is InChI=1S/C6H5BrO.CH4O3S/c7-5-1-3-6(8)4-2-5;1-5(2,3)4/h1-4,8H;1H3,(H,2,3,4). The number of halogens is 1. The van der Waals surface area contributed by atoms with E-state index >= 15 is 0 Å². The lowest BCUT2D eigenvalue weighted by Gasteiger charge is -1.87. The van der Waals surface area contributed by atoms with Gasteiger partial charge in [-0.05, 0) is 24.3 Å². The van der Waals surface area contributed by atoms with Crippen molar-refractivity contribution in [2.24, 2.45) is 0 Å². The van der Waals surface area contributed by atoms with Crippen LogP contribution in [0.3, 0.4) is 0 Å². The van der Waals surface area contributed by atoms with Gasteiger partial charge in [-0.3, -0.25) is 4.55 Å². The molecule has 6 heteroatoms. The Kier molecular flexibility index (Phi) is 4.97. The van der Waals surface area contributed by atoms with Gasteiger partial charge < -0.3 is 5.11 Å². The third-order valence-corrected chi connectivity index (χ3v) is 1.36. The summed E-state index contributed by atoms with van der Waals surface area (Å²) in [6.45, 7) is 0. The van der Waals surface area contributed by atoms with Gasteiger partial charge >= 0.3 is 0 Å². The van der Waals surface area contributed by atoms with Crippen LogP contribution in [0.2, 0.25) is 0 Å². The van der Waals surface area contributed by atoms with Crippen LogP contribution in [0.5, 0.6) is 5.75 Å². The molecule has 1 rings (SSSR count). The van der Waals surface area contributed by atoms with E-state index in [0.717, 1.165) is 4.47 Å². The molecule has 0 saturated heterocycles. The van der Waals surface area contributed by atoms with Crippen molar-refractivity contribution in [1.29, 1.82) is 0 Å². The first kappa shape index (κ1) is 12.4. The molecule has 0 unspecified atom stereocenters. The van der Waals surface area contributed by atoms with Crippen molar-refractivity contribution in [1.82, 2.24) is 0 Å². The molecule has 74 valence electrons. The highest BCUT2D eigenvalue weighted by Crippen LogP contribution is 2.13. The Morgan fingerprint density at radius 1 is 1.23 bits per heavy atom. The van der Waals surface area contributed by atoms with Gasteiger partial charge in [0.15, 0.2) is 0 Å². The Bertz CT molecular complexity index is 314. The molecule has 2 N–H and O–H groups in total. The molecular weight excluding hydrogens is 260 g/mol. The van der Waals surface area contributed by atoms with E-state index in [1.54, 1.807) is 24.3 Å². The van der Waals surface area contributed by atoms with E-state index in [0.29, 0.717) is 12.0 Å². The van der Waals surface area contributed by atoms with Gasteiger partial charge in [0, 0.05) is 4.47 Å². The van der Waals surface area contributed by atoms with Crippen molar-refractivity contribution in [2.75, 3.05) is 6.26 Å². The van der Waals surface area contributed by atoms with Crippen LogP contribution in [0.15, 0.2) is 28.7 Å². The normalized spacial score (nSPS) is 10.1.